The highest BCUT2D eigenvalue weighted by atomic mass is 16.2. The third-order valence-electron chi connectivity index (χ3n) is 4.29. The highest BCUT2D eigenvalue weighted by molar-refractivity contribution is 6.06. The van der Waals surface area contributed by atoms with Crippen LogP contribution in [0.25, 0.3) is 5.52 Å². The van der Waals surface area contributed by atoms with Gasteiger partial charge in [-0.05, 0) is 50.5 Å². The quantitative estimate of drug-likeness (QED) is 0.713. The van der Waals surface area contributed by atoms with Gasteiger partial charge in [0.1, 0.15) is 0 Å². The summed E-state index contributed by atoms with van der Waals surface area (Å²) in [6.45, 7) is 9.86. The van der Waals surface area contributed by atoms with E-state index in [-0.39, 0.29) is 29.3 Å². The first-order valence-corrected chi connectivity index (χ1v) is 9.37. The molecule has 0 unspecified atom stereocenters. The normalized spacial score (nSPS) is 11.6. The van der Waals surface area contributed by atoms with Gasteiger partial charge < -0.3 is 10.6 Å². The van der Waals surface area contributed by atoms with Crippen molar-refractivity contribution in [3.8, 4) is 0 Å². The highest BCUT2D eigenvalue weighted by Crippen LogP contribution is 2.24. The van der Waals surface area contributed by atoms with Crippen LogP contribution in [-0.4, -0.2) is 26.7 Å². The average molecular weight is 378 g/mol. The van der Waals surface area contributed by atoms with Crippen molar-refractivity contribution in [2.24, 2.45) is 0 Å². The maximum Gasteiger partial charge on any atom is 0.292 e. The second-order valence-electron chi connectivity index (χ2n) is 8.14. The van der Waals surface area contributed by atoms with Gasteiger partial charge in [0.25, 0.3) is 11.8 Å². The van der Waals surface area contributed by atoms with E-state index in [1.54, 1.807) is 22.7 Å². The minimum absolute atomic E-state index is 0.174. The number of hydrogen-bond donors (Lipinski definition) is 2. The summed E-state index contributed by atoms with van der Waals surface area (Å²) in [6.07, 6.45) is 1.74. The molecular formula is C22H26N4O2. The number of carbonyl (C=O) groups excluding carboxylic acids is 2. The van der Waals surface area contributed by atoms with Gasteiger partial charge >= 0.3 is 0 Å². The van der Waals surface area contributed by atoms with Crippen LogP contribution in [0.2, 0.25) is 0 Å². The molecule has 0 aliphatic rings. The number of nitrogens with zero attached hydrogens (tertiary/aromatic N) is 2. The van der Waals surface area contributed by atoms with Gasteiger partial charge in [-0.3, -0.25) is 14.0 Å². The number of pyridine rings is 1. The van der Waals surface area contributed by atoms with Crippen molar-refractivity contribution in [1.82, 2.24) is 14.7 Å². The molecule has 2 aromatic heterocycles. The topological polar surface area (TPSA) is 75.5 Å². The number of fused-ring (bicyclic) bond motifs is 1. The van der Waals surface area contributed by atoms with Crippen LogP contribution >= 0.6 is 0 Å². The van der Waals surface area contributed by atoms with Gasteiger partial charge in [0.05, 0.1) is 5.52 Å². The molecule has 3 rings (SSSR count). The van der Waals surface area contributed by atoms with Crippen molar-refractivity contribution in [1.29, 1.82) is 0 Å². The van der Waals surface area contributed by atoms with Gasteiger partial charge in [0.15, 0.2) is 5.69 Å². The van der Waals surface area contributed by atoms with Crippen LogP contribution in [0.3, 0.4) is 0 Å². The lowest BCUT2D eigenvalue weighted by atomic mass is 10.0. The van der Waals surface area contributed by atoms with E-state index in [1.165, 1.54) is 0 Å². The van der Waals surface area contributed by atoms with Gasteiger partial charge in [-0.25, -0.2) is 4.98 Å². The molecule has 6 nitrogen and oxygen atoms in total. The number of rotatable bonds is 4. The molecule has 0 fully saturated rings. The summed E-state index contributed by atoms with van der Waals surface area (Å²) in [4.78, 5) is 30.1. The summed E-state index contributed by atoms with van der Waals surface area (Å²) in [7, 11) is 0. The zero-order valence-electron chi connectivity index (χ0n) is 16.9. The summed E-state index contributed by atoms with van der Waals surface area (Å²) in [5, 5.41) is 5.85. The summed E-state index contributed by atoms with van der Waals surface area (Å²) in [5.74, 6) is -0.225. The van der Waals surface area contributed by atoms with Gasteiger partial charge in [-0.2, -0.15) is 0 Å². The maximum atomic E-state index is 13.0. The predicted octanol–water partition coefficient (Wildman–Crippen LogP) is 4.24. The molecule has 6 heteroatoms. The Labute approximate surface area is 165 Å². The molecule has 0 aliphatic carbocycles. The van der Waals surface area contributed by atoms with E-state index in [9.17, 15) is 9.59 Å². The number of anilines is 1. The standard InChI is InChI=1S/C22H26N4O2/c1-14(2)15-10-6-7-11-16(15)23-21(28)19-24-18(20(27)25-22(3,4)5)17-12-8-9-13-26(17)19/h6-14H,1-5H3,(H,23,28)(H,25,27). The average Bonchev–Trinajstić information content (AvgIpc) is 3.00. The third kappa shape index (κ3) is 4.06. The lowest BCUT2D eigenvalue weighted by Crippen LogP contribution is -2.40. The molecule has 0 saturated carbocycles. The summed E-state index contributed by atoms with van der Waals surface area (Å²) in [6, 6.07) is 13.1. The number of para-hydroxylation sites is 1. The van der Waals surface area contributed by atoms with Crippen LogP contribution in [-0.2, 0) is 0 Å². The molecule has 2 N–H and O–H groups in total. The Bertz CT molecular complexity index is 1030. The van der Waals surface area contributed by atoms with E-state index in [1.807, 2.05) is 51.1 Å². The molecule has 0 bridgehead atoms. The summed E-state index contributed by atoms with van der Waals surface area (Å²) < 4.78 is 1.64. The number of amides is 2. The molecule has 146 valence electrons. The number of aromatic nitrogens is 2. The van der Waals surface area contributed by atoms with E-state index < -0.39 is 5.54 Å². The Hall–Kier alpha value is -3.15. The number of hydrogen-bond acceptors (Lipinski definition) is 3. The molecule has 2 amide bonds. The molecule has 1 aromatic carbocycles. The lowest BCUT2D eigenvalue weighted by Gasteiger charge is -2.19. The Morgan fingerprint density at radius 3 is 2.36 bits per heavy atom. The van der Waals surface area contributed by atoms with E-state index in [2.05, 4.69) is 29.5 Å². The van der Waals surface area contributed by atoms with E-state index >= 15 is 0 Å². The molecule has 0 radical (unpaired) electrons. The van der Waals surface area contributed by atoms with Gasteiger partial charge in [0, 0.05) is 17.4 Å². The molecule has 2 heterocycles. The first-order valence-electron chi connectivity index (χ1n) is 9.37. The van der Waals surface area contributed by atoms with Crippen LogP contribution in [0.1, 0.15) is 67.2 Å². The Kier molecular flexibility index (Phi) is 5.23. The third-order valence-corrected chi connectivity index (χ3v) is 4.29. The maximum absolute atomic E-state index is 13.0. The molecule has 0 spiro atoms. The minimum atomic E-state index is -0.402. The molecule has 0 saturated heterocycles. The second-order valence-corrected chi connectivity index (χ2v) is 8.14. The van der Waals surface area contributed by atoms with Crippen molar-refractivity contribution in [2.75, 3.05) is 5.32 Å². The zero-order valence-corrected chi connectivity index (χ0v) is 16.9. The van der Waals surface area contributed by atoms with Crippen LogP contribution in [0.15, 0.2) is 48.7 Å². The minimum Gasteiger partial charge on any atom is -0.346 e. The van der Waals surface area contributed by atoms with Gasteiger partial charge in [-0.1, -0.05) is 38.1 Å². The van der Waals surface area contributed by atoms with Crippen LogP contribution < -0.4 is 10.6 Å². The van der Waals surface area contributed by atoms with Crippen molar-refractivity contribution in [2.45, 2.75) is 46.1 Å². The molecular weight excluding hydrogens is 352 g/mol. The fourth-order valence-electron chi connectivity index (χ4n) is 3.06. The molecule has 28 heavy (non-hydrogen) atoms. The monoisotopic (exact) mass is 378 g/mol. The summed E-state index contributed by atoms with van der Waals surface area (Å²) in [5.41, 5.74) is 2.21. The number of carbonyl (C=O) groups is 2. The molecule has 0 aliphatic heterocycles. The fraction of sp³-hybridized carbons (Fsp3) is 0.318. The lowest BCUT2D eigenvalue weighted by molar-refractivity contribution is 0.0916. The largest absolute Gasteiger partial charge is 0.346 e. The van der Waals surface area contributed by atoms with Crippen molar-refractivity contribution >= 4 is 23.0 Å². The van der Waals surface area contributed by atoms with E-state index in [0.29, 0.717) is 5.52 Å². The first-order chi connectivity index (χ1) is 13.2. The second kappa shape index (κ2) is 7.46. The van der Waals surface area contributed by atoms with Crippen LogP contribution in [0.5, 0.6) is 0 Å². The molecule has 3 aromatic rings. The Balaban J connectivity index is 2.00. The SMILES string of the molecule is CC(C)c1ccccc1NC(=O)c1nc(C(=O)NC(C)(C)C)c2ccccn12. The van der Waals surface area contributed by atoms with Gasteiger partial charge in [0.2, 0.25) is 5.82 Å². The Morgan fingerprint density at radius 1 is 1.00 bits per heavy atom. The van der Waals surface area contributed by atoms with Crippen molar-refractivity contribution < 1.29 is 9.59 Å². The van der Waals surface area contributed by atoms with Crippen LogP contribution in [0, 0.1) is 0 Å². The van der Waals surface area contributed by atoms with E-state index in [4.69, 9.17) is 0 Å². The number of imidazole rings is 1. The van der Waals surface area contributed by atoms with Crippen LogP contribution in [0.4, 0.5) is 5.69 Å². The van der Waals surface area contributed by atoms with Crippen molar-refractivity contribution in [3.63, 3.8) is 0 Å². The van der Waals surface area contributed by atoms with E-state index in [0.717, 1.165) is 11.3 Å². The van der Waals surface area contributed by atoms with Gasteiger partial charge in [-0.15, -0.1) is 0 Å². The first kappa shape index (κ1) is 19.6. The number of benzene rings is 1. The smallest absolute Gasteiger partial charge is 0.292 e. The number of nitrogens with one attached hydrogen (secondary N) is 2. The van der Waals surface area contributed by atoms with Crippen molar-refractivity contribution in [3.05, 3.63) is 65.7 Å². The predicted molar refractivity (Wildman–Crippen MR) is 111 cm³/mol. The molecule has 0 atom stereocenters. The Morgan fingerprint density at radius 2 is 1.68 bits per heavy atom. The zero-order chi connectivity index (χ0) is 20.5. The highest BCUT2D eigenvalue weighted by Gasteiger charge is 2.24. The fourth-order valence-corrected chi connectivity index (χ4v) is 3.06. The summed E-state index contributed by atoms with van der Waals surface area (Å²) >= 11 is 0.